The van der Waals surface area contributed by atoms with Crippen molar-refractivity contribution < 1.29 is 14.3 Å². The van der Waals surface area contributed by atoms with Crippen LogP contribution in [0.1, 0.15) is 31.7 Å². The van der Waals surface area contributed by atoms with E-state index in [0.29, 0.717) is 19.7 Å². The standard InChI is InChI=1S/C20H31N3O3/c1-4-26-18-12-6-5-9-16(18)10-7-13-21-19(24)17-11-8-14-23(15-17)20(25)22(2)3/h5-6,9,12,17H,4,7-8,10-11,13-15H2,1-3H3,(H,21,24)/t17-/m0/s1. The van der Waals surface area contributed by atoms with Gasteiger partial charge in [-0.15, -0.1) is 0 Å². The highest BCUT2D eigenvalue weighted by atomic mass is 16.5. The third-order valence-corrected chi connectivity index (χ3v) is 4.64. The van der Waals surface area contributed by atoms with E-state index in [2.05, 4.69) is 11.4 Å². The summed E-state index contributed by atoms with van der Waals surface area (Å²) in [4.78, 5) is 27.8. The second kappa shape index (κ2) is 10.0. The molecule has 26 heavy (non-hydrogen) atoms. The Labute approximate surface area is 156 Å². The number of para-hydroxylation sites is 1. The van der Waals surface area contributed by atoms with E-state index in [1.165, 1.54) is 5.56 Å². The monoisotopic (exact) mass is 361 g/mol. The van der Waals surface area contributed by atoms with Crippen molar-refractivity contribution in [2.45, 2.75) is 32.6 Å². The van der Waals surface area contributed by atoms with E-state index in [0.717, 1.165) is 38.0 Å². The maximum Gasteiger partial charge on any atom is 0.319 e. The summed E-state index contributed by atoms with van der Waals surface area (Å²) in [6, 6.07) is 8.01. The highest BCUT2D eigenvalue weighted by molar-refractivity contribution is 5.80. The summed E-state index contributed by atoms with van der Waals surface area (Å²) in [5, 5.41) is 3.03. The third kappa shape index (κ3) is 5.64. The summed E-state index contributed by atoms with van der Waals surface area (Å²) in [6.45, 7) is 4.51. The molecule has 0 unspecified atom stereocenters. The Morgan fingerprint density at radius 1 is 1.31 bits per heavy atom. The molecule has 0 radical (unpaired) electrons. The van der Waals surface area contributed by atoms with Crippen molar-refractivity contribution in [2.75, 3.05) is 40.3 Å². The number of aryl methyl sites for hydroxylation is 1. The highest BCUT2D eigenvalue weighted by Crippen LogP contribution is 2.20. The molecule has 0 aromatic heterocycles. The number of likely N-dealkylation sites (tertiary alicyclic amines) is 1. The normalized spacial score (nSPS) is 16.9. The Morgan fingerprint density at radius 2 is 2.08 bits per heavy atom. The second-order valence-corrected chi connectivity index (χ2v) is 6.90. The van der Waals surface area contributed by atoms with Crippen molar-refractivity contribution in [1.82, 2.24) is 15.1 Å². The largest absolute Gasteiger partial charge is 0.494 e. The van der Waals surface area contributed by atoms with Crippen LogP contribution < -0.4 is 10.1 Å². The molecule has 0 bridgehead atoms. The molecular formula is C20H31N3O3. The van der Waals surface area contributed by atoms with Crippen molar-refractivity contribution >= 4 is 11.9 Å². The van der Waals surface area contributed by atoms with E-state index in [1.54, 1.807) is 23.9 Å². The lowest BCUT2D eigenvalue weighted by Gasteiger charge is -2.33. The van der Waals surface area contributed by atoms with Crippen molar-refractivity contribution in [1.29, 1.82) is 0 Å². The van der Waals surface area contributed by atoms with Crippen LogP contribution in [0.3, 0.4) is 0 Å². The molecule has 1 saturated heterocycles. The van der Waals surface area contributed by atoms with Gasteiger partial charge in [0.05, 0.1) is 12.5 Å². The molecule has 0 aliphatic carbocycles. The van der Waals surface area contributed by atoms with Crippen molar-refractivity contribution in [3.63, 3.8) is 0 Å². The number of benzene rings is 1. The Kier molecular flexibility index (Phi) is 7.75. The number of hydrogen-bond acceptors (Lipinski definition) is 3. The summed E-state index contributed by atoms with van der Waals surface area (Å²) < 4.78 is 5.64. The van der Waals surface area contributed by atoms with E-state index in [-0.39, 0.29) is 17.9 Å². The second-order valence-electron chi connectivity index (χ2n) is 6.90. The van der Waals surface area contributed by atoms with Crippen molar-refractivity contribution in [3.05, 3.63) is 29.8 Å². The lowest BCUT2D eigenvalue weighted by atomic mass is 9.97. The topological polar surface area (TPSA) is 61.9 Å². The number of carbonyl (C=O) groups is 2. The number of nitrogens with one attached hydrogen (secondary N) is 1. The fraction of sp³-hybridized carbons (Fsp3) is 0.600. The molecule has 2 rings (SSSR count). The molecule has 1 aliphatic rings. The number of nitrogens with zero attached hydrogens (tertiary/aromatic N) is 2. The zero-order valence-electron chi connectivity index (χ0n) is 16.2. The molecule has 1 fully saturated rings. The average molecular weight is 361 g/mol. The van der Waals surface area contributed by atoms with Crippen LogP contribution in [0.5, 0.6) is 5.75 Å². The van der Waals surface area contributed by atoms with E-state index in [4.69, 9.17) is 4.74 Å². The maximum atomic E-state index is 12.4. The maximum absolute atomic E-state index is 12.4. The Bertz CT molecular complexity index is 604. The SMILES string of the molecule is CCOc1ccccc1CCCNC(=O)[C@H]1CCCN(C(=O)N(C)C)C1. The molecule has 1 aliphatic heterocycles. The molecule has 1 aromatic carbocycles. The smallest absolute Gasteiger partial charge is 0.319 e. The predicted molar refractivity (Wildman–Crippen MR) is 102 cm³/mol. The predicted octanol–water partition coefficient (Wildman–Crippen LogP) is 2.53. The zero-order valence-corrected chi connectivity index (χ0v) is 16.2. The van der Waals surface area contributed by atoms with Crippen LogP contribution in [0.2, 0.25) is 0 Å². The fourth-order valence-electron chi connectivity index (χ4n) is 3.29. The first-order chi connectivity index (χ1) is 12.5. The summed E-state index contributed by atoms with van der Waals surface area (Å²) in [7, 11) is 3.48. The van der Waals surface area contributed by atoms with E-state index >= 15 is 0 Å². The summed E-state index contributed by atoms with van der Waals surface area (Å²) in [5.74, 6) is 0.870. The van der Waals surface area contributed by atoms with Crippen LogP contribution in [-0.2, 0) is 11.2 Å². The van der Waals surface area contributed by atoms with Crippen LogP contribution in [0, 0.1) is 5.92 Å². The Balaban J connectivity index is 1.76. The van der Waals surface area contributed by atoms with Gasteiger partial charge in [-0.05, 0) is 44.2 Å². The zero-order chi connectivity index (χ0) is 18.9. The molecule has 0 spiro atoms. The lowest BCUT2D eigenvalue weighted by Crippen LogP contribution is -2.48. The van der Waals surface area contributed by atoms with E-state index < -0.39 is 0 Å². The fourth-order valence-corrected chi connectivity index (χ4v) is 3.29. The number of carbonyl (C=O) groups excluding carboxylic acids is 2. The minimum atomic E-state index is -0.108. The van der Waals surface area contributed by atoms with Crippen LogP contribution in [0.25, 0.3) is 0 Å². The van der Waals surface area contributed by atoms with Gasteiger partial charge in [0.2, 0.25) is 5.91 Å². The third-order valence-electron chi connectivity index (χ3n) is 4.64. The molecule has 1 N–H and O–H groups in total. The Hall–Kier alpha value is -2.24. The summed E-state index contributed by atoms with van der Waals surface area (Å²) in [6.07, 6.45) is 3.45. The number of amides is 3. The molecule has 6 nitrogen and oxygen atoms in total. The van der Waals surface area contributed by atoms with Gasteiger partial charge in [-0.2, -0.15) is 0 Å². The summed E-state index contributed by atoms with van der Waals surface area (Å²) >= 11 is 0. The quantitative estimate of drug-likeness (QED) is 0.759. The lowest BCUT2D eigenvalue weighted by molar-refractivity contribution is -0.126. The minimum absolute atomic E-state index is 0.0185. The first kappa shape index (κ1) is 20.1. The number of urea groups is 1. The summed E-state index contributed by atoms with van der Waals surface area (Å²) in [5.41, 5.74) is 1.17. The molecule has 1 aromatic rings. The van der Waals surface area contributed by atoms with Gasteiger partial charge in [-0.25, -0.2) is 4.79 Å². The van der Waals surface area contributed by atoms with Crippen molar-refractivity contribution in [3.8, 4) is 5.75 Å². The van der Waals surface area contributed by atoms with Gasteiger partial charge in [0, 0.05) is 33.7 Å². The van der Waals surface area contributed by atoms with Crippen LogP contribution in [-0.4, -0.2) is 62.1 Å². The molecule has 6 heteroatoms. The number of hydrogen-bond donors (Lipinski definition) is 1. The van der Waals surface area contributed by atoms with Crippen LogP contribution >= 0.6 is 0 Å². The Morgan fingerprint density at radius 3 is 2.81 bits per heavy atom. The average Bonchev–Trinajstić information content (AvgIpc) is 2.65. The minimum Gasteiger partial charge on any atom is -0.494 e. The molecule has 3 amide bonds. The first-order valence-corrected chi connectivity index (χ1v) is 9.47. The van der Waals surface area contributed by atoms with Crippen molar-refractivity contribution in [2.24, 2.45) is 5.92 Å². The van der Waals surface area contributed by atoms with Gasteiger partial charge in [-0.3, -0.25) is 4.79 Å². The van der Waals surface area contributed by atoms with Crippen LogP contribution in [0.4, 0.5) is 4.79 Å². The van der Waals surface area contributed by atoms with Gasteiger partial charge < -0.3 is 19.9 Å². The molecule has 0 saturated carbocycles. The van der Waals surface area contributed by atoms with Crippen LogP contribution in [0.15, 0.2) is 24.3 Å². The van der Waals surface area contributed by atoms with E-state index in [9.17, 15) is 9.59 Å². The molecule has 144 valence electrons. The van der Waals surface area contributed by atoms with E-state index in [1.807, 2.05) is 25.1 Å². The van der Waals surface area contributed by atoms with Gasteiger partial charge in [-0.1, -0.05) is 18.2 Å². The number of piperidine rings is 1. The van der Waals surface area contributed by atoms with Gasteiger partial charge >= 0.3 is 6.03 Å². The van der Waals surface area contributed by atoms with Gasteiger partial charge in [0.1, 0.15) is 5.75 Å². The number of rotatable bonds is 7. The molecule has 1 atom stereocenters. The van der Waals surface area contributed by atoms with Gasteiger partial charge in [0.15, 0.2) is 0 Å². The van der Waals surface area contributed by atoms with Gasteiger partial charge in [0.25, 0.3) is 0 Å². The number of ether oxygens (including phenoxy) is 1. The first-order valence-electron chi connectivity index (χ1n) is 9.47. The highest BCUT2D eigenvalue weighted by Gasteiger charge is 2.28. The molecule has 1 heterocycles. The molecular weight excluding hydrogens is 330 g/mol.